The number of hydrogen-bond donors (Lipinski definition) is 3. The maximum atomic E-state index is 13.4. The first kappa shape index (κ1) is 37.6. The highest BCUT2D eigenvalue weighted by atomic mass is 16.5. The summed E-state index contributed by atoms with van der Waals surface area (Å²) in [5.41, 5.74) is 4.62. The fourth-order valence-electron chi connectivity index (χ4n) is 5.40. The lowest BCUT2D eigenvalue weighted by atomic mass is 9.93. The molecule has 1 atom stereocenters. The van der Waals surface area contributed by atoms with E-state index < -0.39 is 6.09 Å². The van der Waals surface area contributed by atoms with E-state index in [0.29, 0.717) is 76.7 Å². The summed E-state index contributed by atoms with van der Waals surface area (Å²) in [5, 5.41) is 8.19. The largest absolute Gasteiger partial charge is 0.449 e. The standard InChI is InChI=1S/C35H49N3O9/c1-36-35(42)47-24-30-26-9-4-10-28(31(39)11-6-19-45-20-7-17-43-2)34(26)27-15-14-25(23-29(27)30)38-33(41)13-5-12-32(40)37-16-22-46-21-8-18-44-3/h4,9-10,14-15,23,30H,5-8,11-13,16-22,24H2,1-3H3,(H,36,42)(H,37,40)(H,38,41). The quantitative estimate of drug-likeness (QED) is 0.117. The molecule has 258 valence electrons. The third kappa shape index (κ3) is 12.4. The number of alkyl carbamates (subject to hydrolysis) is 1. The summed E-state index contributed by atoms with van der Waals surface area (Å²) in [5.74, 6) is -0.656. The Hall–Kier alpha value is -3.84. The summed E-state index contributed by atoms with van der Waals surface area (Å²) in [6.07, 6.45) is 2.79. The third-order valence-electron chi connectivity index (χ3n) is 7.68. The molecule has 12 heteroatoms. The molecule has 2 aromatic carbocycles. The molecule has 0 saturated carbocycles. The van der Waals surface area contributed by atoms with Gasteiger partial charge in [0.05, 0.1) is 6.61 Å². The maximum absolute atomic E-state index is 13.4. The van der Waals surface area contributed by atoms with Crippen molar-refractivity contribution in [2.45, 2.75) is 50.9 Å². The number of amides is 3. The lowest BCUT2D eigenvalue weighted by Crippen LogP contribution is -2.27. The number of carbonyl (C=O) groups excluding carboxylic acids is 4. The number of benzene rings is 2. The molecule has 1 aliphatic rings. The highest BCUT2D eigenvalue weighted by Gasteiger charge is 2.33. The predicted octanol–water partition coefficient (Wildman–Crippen LogP) is 4.45. The summed E-state index contributed by atoms with van der Waals surface area (Å²) < 4.78 is 26.5. The van der Waals surface area contributed by atoms with Gasteiger partial charge in [-0.3, -0.25) is 14.4 Å². The van der Waals surface area contributed by atoms with Gasteiger partial charge in [-0.2, -0.15) is 0 Å². The van der Waals surface area contributed by atoms with E-state index in [4.69, 9.17) is 23.7 Å². The van der Waals surface area contributed by atoms with Gasteiger partial charge in [0.2, 0.25) is 11.8 Å². The third-order valence-corrected chi connectivity index (χ3v) is 7.68. The van der Waals surface area contributed by atoms with Gasteiger partial charge >= 0.3 is 6.09 Å². The van der Waals surface area contributed by atoms with Gasteiger partial charge in [0.15, 0.2) is 5.78 Å². The van der Waals surface area contributed by atoms with E-state index in [-0.39, 0.29) is 43.0 Å². The lowest BCUT2D eigenvalue weighted by Gasteiger charge is -2.15. The van der Waals surface area contributed by atoms with Crippen LogP contribution in [0.5, 0.6) is 0 Å². The second-order valence-electron chi connectivity index (χ2n) is 11.2. The van der Waals surface area contributed by atoms with Gasteiger partial charge in [0.1, 0.15) is 6.61 Å². The Morgan fingerprint density at radius 1 is 0.745 bits per heavy atom. The van der Waals surface area contributed by atoms with E-state index in [1.807, 2.05) is 30.3 Å². The number of fused-ring (bicyclic) bond motifs is 3. The van der Waals surface area contributed by atoms with Crippen molar-refractivity contribution in [2.75, 3.05) is 79.4 Å². The Balaban J connectivity index is 1.61. The second kappa shape index (κ2) is 21.1. The minimum absolute atomic E-state index is 0.0113. The van der Waals surface area contributed by atoms with Gasteiger partial charge in [-0.25, -0.2) is 4.79 Å². The van der Waals surface area contributed by atoms with Gasteiger partial charge in [0.25, 0.3) is 0 Å². The van der Waals surface area contributed by atoms with E-state index in [9.17, 15) is 19.2 Å². The zero-order valence-corrected chi connectivity index (χ0v) is 27.8. The zero-order valence-electron chi connectivity index (χ0n) is 27.8. The molecule has 12 nitrogen and oxygen atoms in total. The Morgan fingerprint density at radius 2 is 1.45 bits per heavy atom. The van der Waals surface area contributed by atoms with Crippen molar-refractivity contribution >= 4 is 29.4 Å². The van der Waals surface area contributed by atoms with Crippen molar-refractivity contribution in [3.8, 4) is 11.1 Å². The molecule has 1 aliphatic carbocycles. The summed E-state index contributed by atoms with van der Waals surface area (Å²) >= 11 is 0. The summed E-state index contributed by atoms with van der Waals surface area (Å²) in [6.45, 7) is 3.83. The highest BCUT2D eigenvalue weighted by Crippen LogP contribution is 2.47. The van der Waals surface area contributed by atoms with E-state index in [1.165, 1.54) is 7.05 Å². The molecular formula is C35H49N3O9. The van der Waals surface area contributed by atoms with Crippen molar-refractivity contribution in [1.29, 1.82) is 0 Å². The molecule has 0 saturated heterocycles. The average molecular weight is 656 g/mol. The van der Waals surface area contributed by atoms with Crippen LogP contribution in [-0.4, -0.2) is 97.8 Å². The first-order valence-corrected chi connectivity index (χ1v) is 16.2. The molecule has 0 spiro atoms. The topological polar surface area (TPSA) is 151 Å². The van der Waals surface area contributed by atoms with Gasteiger partial charge in [-0.1, -0.05) is 24.3 Å². The van der Waals surface area contributed by atoms with Crippen molar-refractivity contribution in [2.24, 2.45) is 0 Å². The van der Waals surface area contributed by atoms with E-state index in [2.05, 4.69) is 16.0 Å². The molecule has 0 radical (unpaired) electrons. The van der Waals surface area contributed by atoms with Gasteiger partial charge in [-0.05, 0) is 60.1 Å². The molecule has 2 aromatic rings. The lowest BCUT2D eigenvalue weighted by molar-refractivity contribution is -0.121. The van der Waals surface area contributed by atoms with E-state index in [0.717, 1.165) is 35.1 Å². The van der Waals surface area contributed by atoms with Crippen LogP contribution < -0.4 is 16.0 Å². The average Bonchev–Trinajstić information content (AvgIpc) is 3.38. The number of anilines is 1. The molecule has 3 amide bonds. The van der Waals surface area contributed by atoms with Crippen LogP contribution in [0.1, 0.15) is 72.3 Å². The summed E-state index contributed by atoms with van der Waals surface area (Å²) in [4.78, 5) is 50.3. The fraction of sp³-hybridized carbons (Fsp3) is 0.543. The zero-order chi connectivity index (χ0) is 33.9. The monoisotopic (exact) mass is 655 g/mol. The number of ether oxygens (including phenoxy) is 5. The van der Waals surface area contributed by atoms with Crippen LogP contribution in [0, 0.1) is 0 Å². The van der Waals surface area contributed by atoms with Gasteiger partial charge < -0.3 is 39.6 Å². The molecule has 3 rings (SSSR count). The van der Waals surface area contributed by atoms with Crippen LogP contribution >= 0.6 is 0 Å². The van der Waals surface area contributed by atoms with Crippen LogP contribution in [0.25, 0.3) is 11.1 Å². The predicted molar refractivity (Wildman–Crippen MR) is 178 cm³/mol. The molecule has 3 N–H and O–H groups in total. The molecule has 0 bridgehead atoms. The first-order chi connectivity index (χ1) is 22.9. The maximum Gasteiger partial charge on any atom is 0.406 e. The normalized spacial score (nSPS) is 13.0. The summed E-state index contributed by atoms with van der Waals surface area (Å²) in [6, 6.07) is 11.2. The minimum Gasteiger partial charge on any atom is -0.449 e. The number of Topliss-reactive ketones (excluding diaryl/α,β-unsaturated/α-hetero) is 1. The molecule has 1 unspecified atom stereocenters. The Bertz CT molecular complexity index is 1320. The minimum atomic E-state index is -0.555. The van der Waals surface area contributed by atoms with Crippen LogP contribution in [-0.2, 0) is 33.3 Å². The smallest absolute Gasteiger partial charge is 0.406 e. The second-order valence-corrected chi connectivity index (χ2v) is 11.2. The van der Waals surface area contributed by atoms with Gasteiger partial charge in [-0.15, -0.1) is 0 Å². The number of hydrogen-bond acceptors (Lipinski definition) is 9. The van der Waals surface area contributed by atoms with Crippen LogP contribution in [0.15, 0.2) is 36.4 Å². The van der Waals surface area contributed by atoms with Crippen LogP contribution in [0.2, 0.25) is 0 Å². The van der Waals surface area contributed by atoms with Gasteiger partial charge in [0, 0.05) is 97.3 Å². The van der Waals surface area contributed by atoms with Crippen molar-refractivity contribution < 1.29 is 42.9 Å². The first-order valence-electron chi connectivity index (χ1n) is 16.2. The molecular weight excluding hydrogens is 606 g/mol. The molecule has 0 heterocycles. The molecule has 0 aromatic heterocycles. The number of carbonyl (C=O) groups is 4. The van der Waals surface area contributed by atoms with E-state index >= 15 is 0 Å². The molecule has 0 fully saturated rings. The SMILES string of the molecule is CNC(=O)OCC1c2cc(NC(=O)CCCC(=O)NCCOCCCOC)ccc2-c2c(C(=O)CCCOCCCOC)cccc21. The van der Waals surface area contributed by atoms with Crippen LogP contribution in [0.4, 0.5) is 10.5 Å². The number of rotatable bonds is 23. The number of nitrogens with one attached hydrogen (secondary N) is 3. The van der Waals surface area contributed by atoms with Crippen molar-refractivity contribution in [3.05, 3.63) is 53.1 Å². The van der Waals surface area contributed by atoms with Crippen molar-refractivity contribution in [1.82, 2.24) is 10.6 Å². The van der Waals surface area contributed by atoms with E-state index in [1.54, 1.807) is 20.3 Å². The molecule has 0 aliphatic heterocycles. The number of ketones is 1. The highest BCUT2D eigenvalue weighted by molar-refractivity contribution is 6.05. The molecule has 47 heavy (non-hydrogen) atoms. The number of methoxy groups -OCH3 is 2. The Labute approximate surface area is 277 Å². The Morgan fingerprint density at radius 3 is 2.17 bits per heavy atom. The van der Waals surface area contributed by atoms with Crippen molar-refractivity contribution in [3.63, 3.8) is 0 Å². The fourth-order valence-corrected chi connectivity index (χ4v) is 5.40. The summed E-state index contributed by atoms with van der Waals surface area (Å²) in [7, 11) is 4.79. The van der Waals surface area contributed by atoms with Crippen LogP contribution in [0.3, 0.4) is 0 Å². The Kier molecular flexibility index (Phi) is 16.9.